The van der Waals surface area contributed by atoms with Gasteiger partial charge in [-0.05, 0) is 62.3 Å². The molecule has 0 radical (unpaired) electrons. The molecule has 3 fully saturated rings. The number of alkyl halides is 4. The number of benzene rings is 1. The molecule has 5 rings (SSSR count). The molecular weight excluding hydrogens is 645 g/mol. The summed E-state index contributed by atoms with van der Waals surface area (Å²) in [6, 6.07) is 1.97. The summed E-state index contributed by atoms with van der Waals surface area (Å²) < 4.78 is 71.8. The Morgan fingerprint density at radius 1 is 0.918 bits per heavy atom. The van der Waals surface area contributed by atoms with E-state index in [4.69, 9.17) is 0 Å². The van der Waals surface area contributed by atoms with Crippen molar-refractivity contribution in [1.82, 2.24) is 20.0 Å². The van der Waals surface area contributed by atoms with E-state index in [0.717, 1.165) is 70.3 Å². The zero-order chi connectivity index (χ0) is 35.5. The Bertz CT molecular complexity index is 1450. The lowest BCUT2D eigenvalue weighted by molar-refractivity contribution is -0.183. The predicted molar refractivity (Wildman–Crippen MR) is 175 cm³/mol. The van der Waals surface area contributed by atoms with Crippen molar-refractivity contribution in [3.05, 3.63) is 47.5 Å². The van der Waals surface area contributed by atoms with E-state index in [2.05, 4.69) is 15.7 Å². The van der Waals surface area contributed by atoms with Gasteiger partial charge in [-0.15, -0.1) is 0 Å². The van der Waals surface area contributed by atoms with Crippen molar-refractivity contribution in [2.45, 2.75) is 128 Å². The smallest absolute Gasteiger partial charge is 0.339 e. The lowest BCUT2D eigenvalue weighted by Crippen LogP contribution is -2.53. The van der Waals surface area contributed by atoms with Crippen molar-refractivity contribution in [2.24, 2.45) is 17.8 Å². The van der Waals surface area contributed by atoms with Gasteiger partial charge in [0.05, 0.1) is 18.2 Å². The summed E-state index contributed by atoms with van der Waals surface area (Å²) in [5, 5.41) is 10.0. The second-order valence-electron chi connectivity index (χ2n) is 14.4. The van der Waals surface area contributed by atoms with Gasteiger partial charge in [0.25, 0.3) is 5.91 Å². The van der Waals surface area contributed by atoms with E-state index >= 15 is 4.39 Å². The number of nitrogens with one attached hydrogen (secondary N) is 2. The van der Waals surface area contributed by atoms with Gasteiger partial charge < -0.3 is 15.5 Å². The Balaban J connectivity index is 1.40. The Morgan fingerprint density at radius 2 is 1.53 bits per heavy atom. The fraction of sp³-hybridized carbons (Fsp3) is 0.667. The molecule has 0 spiro atoms. The molecule has 3 amide bonds. The maximum absolute atomic E-state index is 15.7. The molecule has 2 heterocycles. The molecule has 1 aliphatic heterocycles. The van der Waals surface area contributed by atoms with E-state index in [1.54, 1.807) is 10.7 Å². The minimum absolute atomic E-state index is 0.0952. The lowest BCUT2D eigenvalue weighted by Gasteiger charge is -2.42. The average Bonchev–Trinajstić information content (AvgIpc) is 3.73. The Morgan fingerprint density at radius 3 is 2.08 bits per heavy atom. The van der Waals surface area contributed by atoms with Crippen LogP contribution in [-0.4, -0.2) is 63.4 Å². The molecule has 2 saturated carbocycles. The van der Waals surface area contributed by atoms with E-state index < -0.39 is 66.9 Å². The minimum Gasteiger partial charge on any atom is -0.339 e. The van der Waals surface area contributed by atoms with Crippen molar-refractivity contribution in [3.63, 3.8) is 0 Å². The SMILES string of the molecule is CC(C(=O)N1CC(F)CC1C(F)(F)F)c1ccc(NC(=O)C(NC(=O)c2ccnn2C(C)C)C(C2CCCCC2)C2CCCCC2)c(F)c1. The molecule has 1 aromatic carbocycles. The summed E-state index contributed by atoms with van der Waals surface area (Å²) in [6.45, 7) is 4.47. The number of hydrogen-bond acceptors (Lipinski definition) is 4. The van der Waals surface area contributed by atoms with Crippen LogP contribution < -0.4 is 10.6 Å². The van der Waals surface area contributed by atoms with Crippen LogP contribution in [0.15, 0.2) is 30.5 Å². The van der Waals surface area contributed by atoms with Crippen molar-refractivity contribution in [2.75, 3.05) is 11.9 Å². The summed E-state index contributed by atoms with van der Waals surface area (Å²) in [4.78, 5) is 41.6. The third-order valence-electron chi connectivity index (χ3n) is 10.8. The number of nitrogens with zero attached hydrogens (tertiary/aromatic N) is 3. The van der Waals surface area contributed by atoms with E-state index in [-0.39, 0.29) is 35.0 Å². The van der Waals surface area contributed by atoms with Gasteiger partial charge in [-0.1, -0.05) is 70.3 Å². The highest BCUT2D eigenvalue weighted by molar-refractivity contribution is 6.01. The summed E-state index contributed by atoms with van der Waals surface area (Å²) >= 11 is 0. The van der Waals surface area contributed by atoms with E-state index in [0.29, 0.717) is 10.6 Å². The molecule has 0 bridgehead atoms. The van der Waals surface area contributed by atoms with Gasteiger partial charge in [0.1, 0.15) is 29.8 Å². The largest absolute Gasteiger partial charge is 0.408 e. The summed E-state index contributed by atoms with van der Waals surface area (Å²) in [5.41, 5.74) is 0.236. The second-order valence-corrected chi connectivity index (χ2v) is 14.4. The highest BCUT2D eigenvalue weighted by atomic mass is 19.4. The van der Waals surface area contributed by atoms with Gasteiger partial charge in [0, 0.05) is 18.7 Å². The zero-order valence-electron chi connectivity index (χ0n) is 28.4. The number of carbonyl (C=O) groups excluding carboxylic acids is 3. The highest BCUT2D eigenvalue weighted by Gasteiger charge is 2.51. The monoisotopic (exact) mass is 693 g/mol. The van der Waals surface area contributed by atoms with E-state index in [9.17, 15) is 31.9 Å². The lowest BCUT2D eigenvalue weighted by atomic mass is 9.66. The van der Waals surface area contributed by atoms with Crippen molar-refractivity contribution in [1.29, 1.82) is 0 Å². The number of amides is 3. The molecule has 1 aromatic heterocycles. The van der Waals surface area contributed by atoms with E-state index in [1.807, 2.05) is 13.8 Å². The quantitative estimate of drug-likeness (QED) is 0.249. The minimum atomic E-state index is -4.79. The first kappa shape index (κ1) is 36.8. The third-order valence-corrected chi connectivity index (χ3v) is 10.8. The van der Waals surface area contributed by atoms with Crippen LogP contribution in [-0.2, 0) is 9.59 Å². The summed E-state index contributed by atoms with van der Waals surface area (Å²) in [6.07, 6.45) is 4.26. The van der Waals surface area contributed by atoms with Crippen molar-refractivity contribution in [3.8, 4) is 0 Å². The van der Waals surface area contributed by atoms with Crippen LogP contribution in [0.4, 0.5) is 27.6 Å². The normalized spacial score (nSPS) is 22.4. The summed E-state index contributed by atoms with van der Waals surface area (Å²) in [5.74, 6) is -3.77. The van der Waals surface area contributed by atoms with Gasteiger partial charge in [0.15, 0.2) is 0 Å². The number of hydrogen-bond donors (Lipinski definition) is 2. The summed E-state index contributed by atoms with van der Waals surface area (Å²) in [7, 11) is 0. The fourth-order valence-corrected chi connectivity index (χ4v) is 8.27. The van der Waals surface area contributed by atoms with Crippen LogP contribution in [0.1, 0.15) is 119 Å². The first-order valence-corrected chi connectivity index (χ1v) is 17.7. The van der Waals surface area contributed by atoms with Crippen LogP contribution in [0.25, 0.3) is 0 Å². The van der Waals surface area contributed by atoms with Gasteiger partial charge in [-0.3, -0.25) is 19.1 Å². The molecule has 3 aliphatic rings. The second kappa shape index (κ2) is 15.6. The van der Waals surface area contributed by atoms with Crippen LogP contribution in [0.2, 0.25) is 0 Å². The van der Waals surface area contributed by atoms with Gasteiger partial charge in [-0.2, -0.15) is 18.3 Å². The maximum Gasteiger partial charge on any atom is 0.408 e. The standard InChI is InChI=1S/C36H48F5N5O3/c1-21(2)46-29(16-17-42-46)33(47)44-32(31(23-10-6-4-7-11-23)24-12-8-5-9-13-24)34(48)43-28-15-14-25(18-27(28)38)22(3)35(49)45-20-26(37)19-30(45)36(39,40)41/h14-18,21-24,26,30-32H,4-13,19-20H2,1-3H3,(H,43,48)(H,44,47). The first-order chi connectivity index (χ1) is 23.3. The van der Waals surface area contributed by atoms with Crippen LogP contribution >= 0.6 is 0 Å². The molecular formula is C36H48F5N5O3. The Kier molecular flexibility index (Phi) is 11.7. The number of aromatic nitrogens is 2. The molecule has 2 N–H and O–H groups in total. The first-order valence-electron chi connectivity index (χ1n) is 17.7. The molecule has 4 unspecified atom stereocenters. The fourth-order valence-electron chi connectivity index (χ4n) is 8.27. The van der Waals surface area contributed by atoms with Crippen LogP contribution in [0.3, 0.4) is 0 Å². The number of rotatable bonds is 10. The Labute approximate surface area is 284 Å². The zero-order valence-corrected chi connectivity index (χ0v) is 28.4. The van der Waals surface area contributed by atoms with Crippen LogP contribution in [0.5, 0.6) is 0 Å². The molecule has 13 heteroatoms. The molecule has 8 nitrogen and oxygen atoms in total. The van der Waals surface area contributed by atoms with Crippen molar-refractivity contribution >= 4 is 23.4 Å². The van der Waals surface area contributed by atoms with Gasteiger partial charge >= 0.3 is 6.18 Å². The number of anilines is 1. The average molecular weight is 694 g/mol. The molecule has 270 valence electrons. The molecule has 4 atom stereocenters. The van der Waals surface area contributed by atoms with Gasteiger partial charge in [-0.25, -0.2) is 8.78 Å². The molecule has 2 aromatic rings. The Hall–Kier alpha value is -3.51. The number of halogens is 5. The maximum atomic E-state index is 15.7. The van der Waals surface area contributed by atoms with Crippen molar-refractivity contribution < 1.29 is 36.3 Å². The number of carbonyl (C=O) groups is 3. The topological polar surface area (TPSA) is 96.3 Å². The highest BCUT2D eigenvalue weighted by Crippen LogP contribution is 2.42. The number of likely N-dealkylation sites (tertiary alicyclic amines) is 1. The van der Waals surface area contributed by atoms with E-state index in [1.165, 1.54) is 25.3 Å². The predicted octanol–water partition coefficient (Wildman–Crippen LogP) is 7.72. The molecule has 2 aliphatic carbocycles. The molecule has 49 heavy (non-hydrogen) atoms. The van der Waals surface area contributed by atoms with Crippen LogP contribution in [0, 0.1) is 23.6 Å². The van der Waals surface area contributed by atoms with Gasteiger partial charge in [0.2, 0.25) is 11.8 Å². The third kappa shape index (κ3) is 8.45. The molecule has 1 saturated heterocycles.